The van der Waals surface area contributed by atoms with Gasteiger partial charge in [-0.2, -0.15) is 11.8 Å². The first-order chi connectivity index (χ1) is 7.70. The molecule has 1 N–H and O–H groups in total. The van der Waals surface area contributed by atoms with Crippen LogP contribution in [0.2, 0.25) is 0 Å². The van der Waals surface area contributed by atoms with E-state index in [4.69, 9.17) is 0 Å². The van der Waals surface area contributed by atoms with Crippen molar-refractivity contribution >= 4 is 11.8 Å². The monoisotopic (exact) mass is 240 g/mol. The molecule has 3 unspecified atom stereocenters. The Hall–Kier alpha value is -0.610. The molecule has 2 rings (SSSR count). The van der Waals surface area contributed by atoms with Crippen LogP contribution < -0.4 is 5.32 Å². The second-order valence-corrected chi connectivity index (χ2v) is 5.60. The Balaban J connectivity index is 2.14. The van der Waals surface area contributed by atoms with Gasteiger partial charge >= 0.3 is 0 Å². The van der Waals surface area contributed by atoms with Crippen LogP contribution >= 0.6 is 11.8 Å². The topological polar surface area (TPSA) is 24.9 Å². The van der Waals surface area contributed by atoms with Gasteiger partial charge in [0.25, 0.3) is 0 Å². The maximum absolute atomic E-state index is 12.8. The Morgan fingerprint density at radius 2 is 2.38 bits per heavy atom. The highest BCUT2D eigenvalue weighted by molar-refractivity contribution is 8.00. The summed E-state index contributed by atoms with van der Waals surface area (Å²) in [7, 11) is 0. The predicted molar refractivity (Wildman–Crippen MR) is 66.1 cm³/mol. The summed E-state index contributed by atoms with van der Waals surface area (Å²) in [5, 5.41) is 4.07. The Morgan fingerprint density at radius 3 is 3.00 bits per heavy atom. The van der Waals surface area contributed by atoms with Gasteiger partial charge in [0, 0.05) is 17.0 Å². The van der Waals surface area contributed by atoms with Crippen LogP contribution in [0.15, 0.2) is 18.3 Å². The van der Waals surface area contributed by atoms with Gasteiger partial charge in [-0.05, 0) is 18.6 Å². The standard InChI is InChI=1S/C12H17FN2S/c1-3-10-7-16-8(2)12(15-10)11-5-4-9(13)6-14-11/h4-6,8,10,12,15H,3,7H2,1-2H3. The summed E-state index contributed by atoms with van der Waals surface area (Å²) in [6.07, 6.45) is 2.42. The van der Waals surface area contributed by atoms with E-state index in [9.17, 15) is 4.39 Å². The fourth-order valence-corrected chi connectivity index (χ4v) is 3.21. The number of halogens is 1. The van der Waals surface area contributed by atoms with E-state index < -0.39 is 0 Å². The number of hydrogen-bond donors (Lipinski definition) is 1. The van der Waals surface area contributed by atoms with Crippen LogP contribution in [-0.2, 0) is 0 Å². The molecule has 1 aromatic rings. The van der Waals surface area contributed by atoms with Crippen molar-refractivity contribution in [1.29, 1.82) is 0 Å². The summed E-state index contributed by atoms with van der Waals surface area (Å²) in [5.41, 5.74) is 0.944. The Labute approximate surface area is 100 Å². The normalized spacial score (nSPS) is 30.3. The number of nitrogens with zero attached hydrogens (tertiary/aromatic N) is 1. The van der Waals surface area contributed by atoms with Gasteiger partial charge < -0.3 is 5.32 Å². The lowest BCUT2D eigenvalue weighted by molar-refractivity contribution is 0.424. The molecule has 0 radical (unpaired) electrons. The summed E-state index contributed by atoms with van der Waals surface area (Å²) < 4.78 is 12.8. The highest BCUT2D eigenvalue weighted by Gasteiger charge is 2.28. The lowest BCUT2D eigenvalue weighted by atomic mass is 10.1. The third-order valence-electron chi connectivity index (χ3n) is 3.01. The molecule has 0 bridgehead atoms. The molecule has 1 aliphatic heterocycles. The van der Waals surface area contributed by atoms with Crippen molar-refractivity contribution in [2.75, 3.05) is 5.75 Å². The van der Waals surface area contributed by atoms with E-state index in [0.29, 0.717) is 11.3 Å². The molecular weight excluding hydrogens is 223 g/mol. The van der Waals surface area contributed by atoms with Gasteiger partial charge in [0.2, 0.25) is 0 Å². The van der Waals surface area contributed by atoms with E-state index in [1.807, 2.05) is 11.8 Å². The van der Waals surface area contributed by atoms with Crippen molar-refractivity contribution in [2.24, 2.45) is 0 Å². The zero-order valence-electron chi connectivity index (χ0n) is 9.61. The Kier molecular flexibility index (Phi) is 3.82. The average molecular weight is 240 g/mol. The molecule has 0 spiro atoms. The molecule has 3 atom stereocenters. The summed E-state index contributed by atoms with van der Waals surface area (Å²) >= 11 is 1.96. The molecule has 1 aliphatic rings. The minimum absolute atomic E-state index is 0.240. The van der Waals surface area contributed by atoms with Crippen molar-refractivity contribution in [3.05, 3.63) is 29.8 Å². The molecule has 1 fully saturated rings. The molecule has 4 heteroatoms. The molecule has 2 heterocycles. The van der Waals surface area contributed by atoms with E-state index in [2.05, 4.69) is 24.1 Å². The number of aromatic nitrogens is 1. The van der Waals surface area contributed by atoms with Crippen LogP contribution in [0.1, 0.15) is 32.0 Å². The number of rotatable bonds is 2. The van der Waals surface area contributed by atoms with Gasteiger partial charge in [0.1, 0.15) is 5.82 Å². The van der Waals surface area contributed by atoms with Gasteiger partial charge in [-0.25, -0.2) is 4.39 Å². The van der Waals surface area contributed by atoms with E-state index in [-0.39, 0.29) is 11.9 Å². The van der Waals surface area contributed by atoms with Gasteiger partial charge in [0.05, 0.1) is 17.9 Å². The summed E-state index contributed by atoms with van der Waals surface area (Å²) in [4.78, 5) is 4.17. The zero-order valence-corrected chi connectivity index (χ0v) is 10.4. The van der Waals surface area contributed by atoms with Crippen molar-refractivity contribution in [1.82, 2.24) is 10.3 Å². The summed E-state index contributed by atoms with van der Waals surface area (Å²) in [6.45, 7) is 4.38. The zero-order chi connectivity index (χ0) is 11.5. The first kappa shape index (κ1) is 11.9. The van der Waals surface area contributed by atoms with Crippen LogP contribution in [0.4, 0.5) is 4.39 Å². The Morgan fingerprint density at radius 1 is 1.56 bits per heavy atom. The second kappa shape index (κ2) is 5.15. The molecular formula is C12H17FN2S. The minimum Gasteiger partial charge on any atom is -0.304 e. The van der Waals surface area contributed by atoms with Gasteiger partial charge in [-0.1, -0.05) is 13.8 Å². The molecule has 0 amide bonds. The highest BCUT2D eigenvalue weighted by atomic mass is 32.2. The van der Waals surface area contributed by atoms with Crippen LogP contribution in [0.3, 0.4) is 0 Å². The number of hydrogen-bond acceptors (Lipinski definition) is 3. The smallest absolute Gasteiger partial charge is 0.141 e. The number of nitrogens with one attached hydrogen (secondary N) is 1. The first-order valence-corrected chi connectivity index (χ1v) is 6.74. The molecule has 88 valence electrons. The molecule has 2 nitrogen and oxygen atoms in total. The SMILES string of the molecule is CCC1CSC(C)C(c2ccc(F)cn2)N1. The van der Waals surface area contributed by atoms with Crippen LogP contribution in [0.25, 0.3) is 0 Å². The van der Waals surface area contributed by atoms with Crippen LogP contribution in [-0.4, -0.2) is 22.0 Å². The van der Waals surface area contributed by atoms with Crippen molar-refractivity contribution in [3.8, 4) is 0 Å². The quantitative estimate of drug-likeness (QED) is 0.860. The van der Waals surface area contributed by atoms with Crippen LogP contribution in [0, 0.1) is 5.82 Å². The Bertz CT molecular complexity index is 341. The van der Waals surface area contributed by atoms with Crippen molar-refractivity contribution < 1.29 is 4.39 Å². The van der Waals surface area contributed by atoms with Crippen molar-refractivity contribution in [3.63, 3.8) is 0 Å². The molecule has 0 aliphatic carbocycles. The largest absolute Gasteiger partial charge is 0.304 e. The van der Waals surface area contributed by atoms with Gasteiger partial charge in [0.15, 0.2) is 0 Å². The van der Waals surface area contributed by atoms with Crippen LogP contribution in [0.5, 0.6) is 0 Å². The lowest BCUT2D eigenvalue weighted by Gasteiger charge is -2.34. The van der Waals surface area contributed by atoms with Gasteiger partial charge in [-0.15, -0.1) is 0 Å². The fraction of sp³-hybridized carbons (Fsp3) is 0.583. The van der Waals surface area contributed by atoms with Crippen molar-refractivity contribution in [2.45, 2.75) is 37.6 Å². The first-order valence-electron chi connectivity index (χ1n) is 5.69. The van der Waals surface area contributed by atoms with E-state index >= 15 is 0 Å². The molecule has 0 saturated carbocycles. The summed E-state index contributed by atoms with van der Waals surface area (Å²) in [5.74, 6) is 0.877. The lowest BCUT2D eigenvalue weighted by Crippen LogP contribution is -2.43. The summed E-state index contributed by atoms with van der Waals surface area (Å²) in [6, 6.07) is 4.04. The second-order valence-electron chi connectivity index (χ2n) is 4.19. The third kappa shape index (κ3) is 2.55. The predicted octanol–water partition coefficient (Wildman–Crippen LogP) is 2.77. The van der Waals surface area contributed by atoms with Gasteiger partial charge in [-0.3, -0.25) is 4.98 Å². The molecule has 1 saturated heterocycles. The van der Waals surface area contributed by atoms with E-state index in [0.717, 1.165) is 17.9 Å². The number of pyridine rings is 1. The minimum atomic E-state index is -0.271. The maximum Gasteiger partial charge on any atom is 0.141 e. The maximum atomic E-state index is 12.8. The molecule has 1 aromatic heterocycles. The number of thioether (sulfide) groups is 1. The highest BCUT2D eigenvalue weighted by Crippen LogP contribution is 2.31. The average Bonchev–Trinajstić information content (AvgIpc) is 2.31. The third-order valence-corrected chi connectivity index (χ3v) is 4.40. The van der Waals surface area contributed by atoms with E-state index in [1.54, 1.807) is 6.07 Å². The van der Waals surface area contributed by atoms with E-state index in [1.165, 1.54) is 12.3 Å². The fourth-order valence-electron chi connectivity index (χ4n) is 1.93. The molecule has 0 aromatic carbocycles. The molecule has 16 heavy (non-hydrogen) atoms.